The van der Waals surface area contributed by atoms with E-state index in [1.54, 1.807) is 37.5 Å². The highest BCUT2D eigenvalue weighted by atomic mass is 16.6. The monoisotopic (exact) mass is 398 g/mol. The number of nitro groups is 1. The number of carbonyl (C=O) groups is 1. The first-order valence-corrected chi connectivity index (χ1v) is 9.16. The Bertz CT molecular complexity index is 1080. The third-order valence-corrected chi connectivity index (χ3v) is 4.93. The minimum absolute atomic E-state index is 0.0500. The number of hydrogen-bond acceptors (Lipinski definition) is 6. The smallest absolute Gasteiger partial charge is 0.340 e. The molecular weight excluding hydrogens is 376 g/mol. The molecule has 0 amide bonds. The Morgan fingerprint density at radius 3 is 2.48 bits per heavy atom. The molecule has 2 N–H and O–H groups in total. The molecule has 1 heterocycles. The highest BCUT2D eigenvalue weighted by Crippen LogP contribution is 2.34. The van der Waals surface area contributed by atoms with E-state index in [9.17, 15) is 25.1 Å². The number of carbonyl (C=O) groups excluding carboxylic acids is 1. The molecule has 1 aromatic heterocycles. The zero-order chi connectivity index (χ0) is 21.3. The number of aromatic nitrogens is 1. The number of ether oxygens (including phenoxy) is 1. The van der Waals surface area contributed by atoms with E-state index in [0.717, 1.165) is 5.56 Å². The van der Waals surface area contributed by atoms with Crippen LogP contribution in [0.25, 0.3) is 10.9 Å². The van der Waals surface area contributed by atoms with Gasteiger partial charge in [-0.1, -0.05) is 0 Å². The van der Waals surface area contributed by atoms with Gasteiger partial charge in [0.2, 0.25) is 0 Å². The quantitative estimate of drug-likeness (QED) is 0.371. The topological polar surface area (TPSA) is 115 Å². The second-order valence-corrected chi connectivity index (χ2v) is 6.81. The van der Waals surface area contributed by atoms with Gasteiger partial charge in [-0.25, -0.2) is 4.79 Å². The van der Waals surface area contributed by atoms with Crippen molar-refractivity contribution in [3.63, 3.8) is 0 Å². The fourth-order valence-corrected chi connectivity index (χ4v) is 3.57. The van der Waals surface area contributed by atoms with Crippen LogP contribution in [-0.4, -0.2) is 32.3 Å². The number of hydrogen-bond donors (Lipinski definition) is 2. The number of nitrogens with zero attached hydrogens (tertiary/aromatic N) is 2. The van der Waals surface area contributed by atoms with Gasteiger partial charge in [-0.3, -0.25) is 10.1 Å². The summed E-state index contributed by atoms with van der Waals surface area (Å²) in [7, 11) is 0. The molecule has 0 bridgehead atoms. The van der Waals surface area contributed by atoms with E-state index in [4.69, 9.17) is 4.74 Å². The van der Waals surface area contributed by atoms with Crippen molar-refractivity contribution in [3.05, 3.63) is 68.9 Å². The van der Waals surface area contributed by atoms with Crippen molar-refractivity contribution in [1.82, 2.24) is 4.57 Å². The molecule has 3 aromatic rings. The van der Waals surface area contributed by atoms with Crippen LogP contribution in [0.15, 0.2) is 36.4 Å². The van der Waals surface area contributed by atoms with Crippen LogP contribution in [0.4, 0.5) is 5.69 Å². The number of non-ortho nitro benzene ring substituents is 1. The second-order valence-electron chi connectivity index (χ2n) is 6.81. The predicted octanol–water partition coefficient (Wildman–Crippen LogP) is 3.78. The molecule has 0 radical (unpaired) electrons. The average Bonchev–Trinajstić information content (AvgIpc) is 2.94. The molecule has 8 heteroatoms. The van der Waals surface area contributed by atoms with Crippen molar-refractivity contribution in [2.45, 2.75) is 33.4 Å². The van der Waals surface area contributed by atoms with Crippen molar-refractivity contribution < 1.29 is 24.7 Å². The van der Waals surface area contributed by atoms with Gasteiger partial charge in [0.25, 0.3) is 5.69 Å². The van der Waals surface area contributed by atoms with Gasteiger partial charge in [0.05, 0.1) is 35.3 Å². The van der Waals surface area contributed by atoms with Crippen molar-refractivity contribution in [3.8, 4) is 5.75 Å². The number of aromatic hydroxyl groups is 1. The Hall–Kier alpha value is -3.39. The predicted molar refractivity (Wildman–Crippen MR) is 107 cm³/mol. The highest BCUT2D eigenvalue weighted by Gasteiger charge is 2.24. The van der Waals surface area contributed by atoms with Crippen LogP contribution in [0.2, 0.25) is 0 Å². The number of esters is 1. The summed E-state index contributed by atoms with van der Waals surface area (Å²) in [6.45, 7) is 5.60. The van der Waals surface area contributed by atoms with E-state index in [1.807, 2.05) is 0 Å². The van der Waals surface area contributed by atoms with Gasteiger partial charge in [-0.05, 0) is 50.1 Å². The van der Waals surface area contributed by atoms with Crippen molar-refractivity contribution in [2.24, 2.45) is 0 Å². The summed E-state index contributed by atoms with van der Waals surface area (Å²) in [5.74, 6) is -0.415. The molecule has 0 saturated heterocycles. The summed E-state index contributed by atoms with van der Waals surface area (Å²) in [6, 6.07) is 8.78. The molecular formula is C21H22N2O6. The van der Waals surface area contributed by atoms with Crippen LogP contribution < -0.4 is 0 Å². The summed E-state index contributed by atoms with van der Waals surface area (Å²) in [5, 5.41) is 32.2. The molecule has 3 rings (SSSR count). The van der Waals surface area contributed by atoms with Gasteiger partial charge >= 0.3 is 5.97 Å². The Morgan fingerprint density at radius 1 is 1.24 bits per heavy atom. The van der Waals surface area contributed by atoms with E-state index in [1.165, 1.54) is 24.3 Å². The number of phenolic OH excluding ortho intramolecular Hbond substituents is 1. The molecule has 0 unspecified atom stereocenters. The molecule has 0 aliphatic heterocycles. The SMILES string of the molecule is CCOC(=O)c1c(C)n(C[C@H](O)c2ccc([N+](=O)[O-])cc2)c2cc(O)cc(C)c12. The highest BCUT2D eigenvalue weighted by molar-refractivity contribution is 6.07. The third-order valence-electron chi connectivity index (χ3n) is 4.93. The lowest BCUT2D eigenvalue weighted by Crippen LogP contribution is -2.12. The molecule has 0 aliphatic carbocycles. The zero-order valence-electron chi connectivity index (χ0n) is 16.4. The van der Waals surface area contributed by atoms with E-state index < -0.39 is 17.0 Å². The second kappa shape index (κ2) is 7.92. The molecule has 0 fully saturated rings. The molecule has 0 aliphatic rings. The Balaban J connectivity index is 2.07. The lowest BCUT2D eigenvalue weighted by Gasteiger charge is -2.15. The van der Waals surface area contributed by atoms with Gasteiger partial charge in [0.15, 0.2) is 0 Å². The summed E-state index contributed by atoms with van der Waals surface area (Å²) < 4.78 is 6.95. The van der Waals surface area contributed by atoms with Crippen LogP contribution in [0.3, 0.4) is 0 Å². The van der Waals surface area contributed by atoms with Gasteiger partial charge in [0, 0.05) is 29.3 Å². The number of benzene rings is 2. The molecule has 2 aromatic carbocycles. The van der Waals surface area contributed by atoms with E-state index in [-0.39, 0.29) is 24.6 Å². The number of aliphatic hydroxyl groups excluding tert-OH is 1. The zero-order valence-corrected chi connectivity index (χ0v) is 16.4. The van der Waals surface area contributed by atoms with E-state index in [0.29, 0.717) is 27.7 Å². The third kappa shape index (κ3) is 3.79. The summed E-state index contributed by atoms with van der Waals surface area (Å²) in [4.78, 5) is 22.9. The van der Waals surface area contributed by atoms with Gasteiger partial charge in [-0.15, -0.1) is 0 Å². The number of nitro benzene ring substituents is 1. The largest absolute Gasteiger partial charge is 0.508 e. The molecule has 0 saturated carbocycles. The lowest BCUT2D eigenvalue weighted by atomic mass is 10.1. The number of rotatable bonds is 6. The first-order chi connectivity index (χ1) is 13.7. The normalized spacial score (nSPS) is 12.1. The van der Waals surface area contributed by atoms with Crippen LogP contribution in [0.5, 0.6) is 5.75 Å². The van der Waals surface area contributed by atoms with Crippen molar-refractivity contribution in [2.75, 3.05) is 6.61 Å². The number of fused-ring (bicyclic) bond motifs is 1. The molecule has 152 valence electrons. The minimum Gasteiger partial charge on any atom is -0.508 e. The van der Waals surface area contributed by atoms with Crippen LogP contribution in [0.1, 0.15) is 40.2 Å². The van der Waals surface area contributed by atoms with Gasteiger partial charge in [0.1, 0.15) is 5.75 Å². The van der Waals surface area contributed by atoms with Crippen LogP contribution >= 0.6 is 0 Å². The maximum absolute atomic E-state index is 12.6. The average molecular weight is 398 g/mol. The number of aliphatic hydroxyl groups is 1. The van der Waals surface area contributed by atoms with Crippen LogP contribution in [-0.2, 0) is 11.3 Å². The molecule has 0 spiro atoms. The Kier molecular flexibility index (Phi) is 5.56. The summed E-state index contributed by atoms with van der Waals surface area (Å²) >= 11 is 0. The van der Waals surface area contributed by atoms with E-state index >= 15 is 0 Å². The minimum atomic E-state index is -0.970. The van der Waals surface area contributed by atoms with Crippen LogP contribution in [0, 0.1) is 24.0 Å². The Labute approximate surface area is 167 Å². The maximum atomic E-state index is 12.6. The molecule has 29 heavy (non-hydrogen) atoms. The molecule has 8 nitrogen and oxygen atoms in total. The Morgan fingerprint density at radius 2 is 1.90 bits per heavy atom. The standard InChI is InChI=1S/C21H22N2O6/c1-4-29-21(26)20-13(3)22(17-10-16(24)9-12(2)19(17)20)11-18(25)14-5-7-15(8-6-14)23(27)28/h5-10,18,24-25H,4,11H2,1-3H3/t18-/m0/s1. The summed E-state index contributed by atoms with van der Waals surface area (Å²) in [6.07, 6.45) is -0.970. The van der Waals surface area contributed by atoms with E-state index in [2.05, 4.69) is 0 Å². The molecule has 1 atom stereocenters. The first kappa shape index (κ1) is 20.3. The lowest BCUT2D eigenvalue weighted by molar-refractivity contribution is -0.384. The van der Waals surface area contributed by atoms with Gasteiger partial charge < -0.3 is 19.5 Å². The maximum Gasteiger partial charge on any atom is 0.340 e. The fraction of sp³-hybridized carbons (Fsp3) is 0.286. The number of phenols is 1. The van der Waals surface area contributed by atoms with Crippen molar-refractivity contribution >= 4 is 22.6 Å². The van der Waals surface area contributed by atoms with Crippen molar-refractivity contribution in [1.29, 1.82) is 0 Å². The fourth-order valence-electron chi connectivity index (χ4n) is 3.57. The number of aryl methyl sites for hydroxylation is 1. The summed E-state index contributed by atoms with van der Waals surface area (Å²) in [5.41, 5.74) is 2.77. The van der Waals surface area contributed by atoms with Gasteiger partial charge in [-0.2, -0.15) is 0 Å². The first-order valence-electron chi connectivity index (χ1n) is 9.16.